The minimum Gasteiger partial charge on any atom is -0.493 e. The van der Waals surface area contributed by atoms with E-state index in [1.54, 1.807) is 6.07 Å². The van der Waals surface area contributed by atoms with Gasteiger partial charge in [0.1, 0.15) is 5.75 Å². The van der Waals surface area contributed by atoms with Crippen molar-refractivity contribution in [2.75, 3.05) is 13.2 Å². The van der Waals surface area contributed by atoms with Gasteiger partial charge in [-0.05, 0) is 37.8 Å². The molecule has 0 saturated heterocycles. The molecule has 22 heavy (non-hydrogen) atoms. The van der Waals surface area contributed by atoms with E-state index in [-0.39, 0.29) is 24.7 Å². The number of carbonyl (C=O) groups is 1. The van der Waals surface area contributed by atoms with Gasteiger partial charge < -0.3 is 20.5 Å². The second-order valence-electron chi connectivity index (χ2n) is 5.46. The lowest BCUT2D eigenvalue weighted by Crippen LogP contribution is -2.43. The van der Waals surface area contributed by atoms with E-state index < -0.39 is 0 Å². The molecule has 122 valence electrons. The van der Waals surface area contributed by atoms with E-state index >= 15 is 0 Å². The van der Waals surface area contributed by atoms with E-state index in [1.807, 2.05) is 19.1 Å². The number of urea groups is 1. The largest absolute Gasteiger partial charge is 0.493 e. The van der Waals surface area contributed by atoms with Crippen LogP contribution in [-0.4, -0.2) is 30.4 Å². The first-order valence-electron chi connectivity index (χ1n) is 7.74. The standard InChI is InChI=1S/C16H23ClN2O3/c1-2-12(7-8-20)18-16(21)19-14-4-3-9-22-15-10-11(17)5-6-13(14)15/h5-6,10,12,14,20H,2-4,7-9H2,1H3,(H2,18,19,21). The third kappa shape index (κ3) is 4.52. The molecule has 0 radical (unpaired) electrons. The molecule has 0 bridgehead atoms. The van der Waals surface area contributed by atoms with Gasteiger partial charge in [0.15, 0.2) is 0 Å². The lowest BCUT2D eigenvalue weighted by atomic mass is 10.0. The van der Waals surface area contributed by atoms with Crippen molar-refractivity contribution < 1.29 is 14.6 Å². The maximum atomic E-state index is 12.2. The van der Waals surface area contributed by atoms with Gasteiger partial charge >= 0.3 is 6.03 Å². The van der Waals surface area contributed by atoms with Crippen molar-refractivity contribution in [1.82, 2.24) is 10.6 Å². The SMILES string of the molecule is CCC(CCO)NC(=O)NC1CCCOc2cc(Cl)ccc21. The molecule has 2 unspecified atom stereocenters. The number of nitrogens with one attached hydrogen (secondary N) is 2. The highest BCUT2D eigenvalue weighted by atomic mass is 35.5. The zero-order chi connectivity index (χ0) is 15.9. The first-order chi connectivity index (χ1) is 10.6. The molecule has 1 aliphatic heterocycles. The van der Waals surface area contributed by atoms with Crippen molar-refractivity contribution in [1.29, 1.82) is 0 Å². The van der Waals surface area contributed by atoms with Gasteiger partial charge in [0.2, 0.25) is 0 Å². The van der Waals surface area contributed by atoms with Crippen LogP contribution in [0.1, 0.15) is 44.2 Å². The van der Waals surface area contributed by atoms with Crippen LogP contribution in [0.25, 0.3) is 0 Å². The topological polar surface area (TPSA) is 70.6 Å². The predicted octanol–water partition coefficient (Wildman–Crippen LogP) is 3.01. The molecule has 0 aromatic heterocycles. The number of carbonyl (C=O) groups excluding carboxylic acids is 1. The first-order valence-corrected chi connectivity index (χ1v) is 8.12. The lowest BCUT2D eigenvalue weighted by molar-refractivity contribution is 0.224. The van der Waals surface area contributed by atoms with E-state index in [4.69, 9.17) is 21.4 Å². The molecule has 0 aliphatic carbocycles. The van der Waals surface area contributed by atoms with Crippen LogP contribution in [0.5, 0.6) is 5.75 Å². The fraction of sp³-hybridized carbons (Fsp3) is 0.562. The van der Waals surface area contributed by atoms with Crippen molar-refractivity contribution in [3.8, 4) is 5.75 Å². The van der Waals surface area contributed by atoms with E-state index in [2.05, 4.69) is 10.6 Å². The highest BCUT2D eigenvalue weighted by Crippen LogP contribution is 2.33. The zero-order valence-electron chi connectivity index (χ0n) is 12.8. The third-order valence-electron chi connectivity index (χ3n) is 3.86. The lowest BCUT2D eigenvalue weighted by Gasteiger charge is -2.22. The molecule has 6 heteroatoms. The second kappa shape index (κ2) is 8.25. The van der Waals surface area contributed by atoms with Crippen LogP contribution < -0.4 is 15.4 Å². The van der Waals surface area contributed by atoms with Crippen LogP contribution in [-0.2, 0) is 0 Å². The molecule has 5 nitrogen and oxygen atoms in total. The summed E-state index contributed by atoms with van der Waals surface area (Å²) in [6, 6.07) is 5.17. The minimum absolute atomic E-state index is 0.0169. The molecular formula is C16H23ClN2O3. The Hall–Kier alpha value is -1.46. The molecule has 0 saturated carbocycles. The summed E-state index contributed by atoms with van der Waals surface area (Å²) in [5.74, 6) is 0.734. The van der Waals surface area contributed by atoms with Crippen LogP contribution in [0.15, 0.2) is 18.2 Å². The summed E-state index contributed by atoms with van der Waals surface area (Å²) in [6.07, 6.45) is 3.03. The molecule has 2 amide bonds. The number of amides is 2. The van der Waals surface area contributed by atoms with Gasteiger partial charge in [-0.1, -0.05) is 24.6 Å². The van der Waals surface area contributed by atoms with Crippen molar-refractivity contribution in [3.63, 3.8) is 0 Å². The van der Waals surface area contributed by atoms with Crippen molar-refractivity contribution >= 4 is 17.6 Å². The molecule has 1 aliphatic rings. The summed E-state index contributed by atoms with van der Waals surface area (Å²) in [4.78, 5) is 12.2. The number of aliphatic hydroxyl groups is 1. The maximum Gasteiger partial charge on any atom is 0.315 e. The van der Waals surface area contributed by atoms with Gasteiger partial charge in [0.05, 0.1) is 12.6 Å². The molecule has 2 rings (SSSR count). The van der Waals surface area contributed by atoms with Gasteiger partial charge in [0, 0.05) is 23.2 Å². The summed E-state index contributed by atoms with van der Waals surface area (Å²) >= 11 is 6.00. The zero-order valence-corrected chi connectivity index (χ0v) is 13.5. The number of benzene rings is 1. The van der Waals surface area contributed by atoms with E-state index in [9.17, 15) is 4.79 Å². The summed E-state index contributed by atoms with van der Waals surface area (Å²) in [5, 5.41) is 15.5. The average molecular weight is 327 g/mol. The number of ether oxygens (including phenoxy) is 1. The average Bonchev–Trinajstić information content (AvgIpc) is 2.68. The monoisotopic (exact) mass is 326 g/mol. The van der Waals surface area contributed by atoms with Crippen LogP contribution in [0.4, 0.5) is 4.79 Å². The van der Waals surface area contributed by atoms with Crippen molar-refractivity contribution in [2.45, 2.75) is 44.7 Å². The molecule has 0 spiro atoms. The minimum atomic E-state index is -0.215. The number of hydrogen-bond donors (Lipinski definition) is 3. The normalized spacial score (nSPS) is 18.6. The predicted molar refractivity (Wildman–Crippen MR) is 86.4 cm³/mol. The smallest absolute Gasteiger partial charge is 0.315 e. The molecule has 0 fully saturated rings. The number of halogens is 1. The van der Waals surface area contributed by atoms with Crippen molar-refractivity contribution in [2.24, 2.45) is 0 Å². The van der Waals surface area contributed by atoms with Gasteiger partial charge in [-0.2, -0.15) is 0 Å². The molecule has 3 N–H and O–H groups in total. The Bertz CT molecular complexity index is 510. The number of hydrogen-bond acceptors (Lipinski definition) is 3. The summed E-state index contributed by atoms with van der Waals surface area (Å²) in [6.45, 7) is 2.67. The van der Waals surface area contributed by atoms with Gasteiger partial charge in [-0.25, -0.2) is 4.79 Å². The van der Waals surface area contributed by atoms with Gasteiger partial charge in [-0.15, -0.1) is 0 Å². The molecule has 1 aromatic rings. The molecule has 1 heterocycles. The number of aliphatic hydroxyl groups excluding tert-OH is 1. The number of fused-ring (bicyclic) bond motifs is 1. The van der Waals surface area contributed by atoms with E-state index in [0.29, 0.717) is 18.1 Å². The Labute approximate surface area is 136 Å². The molecular weight excluding hydrogens is 304 g/mol. The third-order valence-corrected chi connectivity index (χ3v) is 4.09. The van der Waals surface area contributed by atoms with Crippen LogP contribution in [0, 0.1) is 0 Å². The number of rotatable bonds is 5. The van der Waals surface area contributed by atoms with Crippen LogP contribution >= 0.6 is 11.6 Å². The van der Waals surface area contributed by atoms with Gasteiger partial charge in [-0.3, -0.25) is 0 Å². The highest BCUT2D eigenvalue weighted by Gasteiger charge is 2.22. The van der Waals surface area contributed by atoms with E-state index in [0.717, 1.165) is 30.6 Å². The first kappa shape index (κ1) is 16.9. The quantitative estimate of drug-likeness (QED) is 0.779. The summed E-state index contributed by atoms with van der Waals surface area (Å²) < 4.78 is 5.69. The van der Waals surface area contributed by atoms with E-state index in [1.165, 1.54) is 0 Å². The Kier molecular flexibility index (Phi) is 6.34. The Balaban J connectivity index is 2.04. The van der Waals surface area contributed by atoms with Crippen LogP contribution in [0.2, 0.25) is 5.02 Å². The molecule has 1 aromatic carbocycles. The second-order valence-corrected chi connectivity index (χ2v) is 5.90. The Morgan fingerprint density at radius 1 is 1.55 bits per heavy atom. The van der Waals surface area contributed by atoms with Crippen LogP contribution in [0.3, 0.4) is 0 Å². The Morgan fingerprint density at radius 2 is 2.36 bits per heavy atom. The fourth-order valence-electron chi connectivity index (χ4n) is 2.62. The van der Waals surface area contributed by atoms with Crippen molar-refractivity contribution in [3.05, 3.63) is 28.8 Å². The Morgan fingerprint density at radius 3 is 3.09 bits per heavy atom. The summed E-state index contributed by atoms with van der Waals surface area (Å²) in [5.41, 5.74) is 0.951. The fourth-order valence-corrected chi connectivity index (χ4v) is 2.78. The molecule has 2 atom stereocenters. The maximum absolute atomic E-state index is 12.2. The summed E-state index contributed by atoms with van der Waals surface area (Å²) in [7, 11) is 0. The van der Waals surface area contributed by atoms with Gasteiger partial charge in [0.25, 0.3) is 0 Å². The highest BCUT2D eigenvalue weighted by molar-refractivity contribution is 6.30.